The Morgan fingerprint density at radius 3 is 2.73 bits per heavy atom. The van der Waals surface area contributed by atoms with Gasteiger partial charge in [-0.25, -0.2) is 4.79 Å². The summed E-state index contributed by atoms with van der Waals surface area (Å²) >= 11 is 8.30. The molecule has 3 aliphatic heterocycles. The Labute approximate surface area is 245 Å². The van der Waals surface area contributed by atoms with E-state index in [2.05, 4.69) is 17.3 Å². The molecule has 1 aromatic carbocycles. The molecule has 9 nitrogen and oxygen atoms in total. The minimum atomic E-state index is -0.556. The van der Waals surface area contributed by atoms with E-state index in [-0.39, 0.29) is 30.5 Å². The number of likely N-dealkylation sites (tertiary alicyclic amines) is 1. The molecule has 1 N–H and O–H groups in total. The first-order valence-electron chi connectivity index (χ1n) is 14.1. The molecule has 5 rings (SSSR count). The summed E-state index contributed by atoms with van der Waals surface area (Å²) < 4.78 is 5.54. The number of carbonyl (C=O) groups is 3. The van der Waals surface area contributed by atoms with Gasteiger partial charge in [0.25, 0.3) is 5.91 Å². The van der Waals surface area contributed by atoms with Crippen LogP contribution in [-0.4, -0.2) is 98.1 Å². The lowest BCUT2D eigenvalue weighted by Gasteiger charge is -2.29. The normalized spacial score (nSPS) is 22.0. The SMILES string of the molecule is CO[C@@H]1C[C@@H](C(=O)N2CCCN(C)CC2)N(C(=O)NCc2ccc(C(=O)N3CCCCc4sccc43)cc2Cl)C1. The van der Waals surface area contributed by atoms with Gasteiger partial charge < -0.3 is 29.7 Å². The average Bonchev–Trinajstić information content (AvgIpc) is 3.48. The zero-order chi connectivity index (χ0) is 28.2. The standard InChI is InChI=1S/C29H38ClN5O4S/c1-32-10-5-11-33(14-13-32)28(37)25-17-22(39-2)19-35(25)29(38)31-18-21-8-7-20(16-23(21)30)27(36)34-12-4-3-6-26-24(34)9-15-40-26/h7-9,15-16,22,25H,3-6,10-14,17-19H2,1-2H3,(H,31,38)/t22-,25+/m1/s1. The summed E-state index contributed by atoms with van der Waals surface area (Å²) in [5, 5.41) is 5.39. The molecule has 2 fully saturated rings. The first kappa shape index (κ1) is 28.9. The smallest absolute Gasteiger partial charge is 0.318 e. The molecule has 216 valence electrons. The zero-order valence-corrected chi connectivity index (χ0v) is 24.8. The minimum Gasteiger partial charge on any atom is -0.380 e. The van der Waals surface area contributed by atoms with Gasteiger partial charge in [0, 0.05) is 68.3 Å². The number of methoxy groups -OCH3 is 1. The molecule has 0 saturated carbocycles. The number of rotatable bonds is 5. The van der Waals surface area contributed by atoms with E-state index in [9.17, 15) is 14.4 Å². The second-order valence-corrected chi connectivity index (χ2v) is 12.3. The van der Waals surface area contributed by atoms with Crippen LogP contribution in [0.2, 0.25) is 5.02 Å². The van der Waals surface area contributed by atoms with Crippen LogP contribution in [0.5, 0.6) is 0 Å². The molecule has 0 radical (unpaired) electrons. The Kier molecular flexibility index (Phi) is 9.30. The highest BCUT2D eigenvalue weighted by Crippen LogP contribution is 2.32. The maximum atomic E-state index is 13.5. The van der Waals surface area contributed by atoms with E-state index in [1.807, 2.05) is 21.2 Å². The van der Waals surface area contributed by atoms with Crippen molar-refractivity contribution in [2.75, 3.05) is 58.3 Å². The summed E-state index contributed by atoms with van der Waals surface area (Å²) in [6.07, 6.45) is 4.24. The van der Waals surface area contributed by atoms with Gasteiger partial charge in [-0.2, -0.15) is 0 Å². The molecule has 2 atom stereocenters. The third-order valence-electron chi connectivity index (χ3n) is 8.20. The number of anilines is 1. The Morgan fingerprint density at radius 2 is 1.93 bits per heavy atom. The summed E-state index contributed by atoms with van der Waals surface area (Å²) in [6.45, 7) is 4.36. The molecule has 2 saturated heterocycles. The lowest BCUT2D eigenvalue weighted by molar-refractivity contribution is -0.135. The van der Waals surface area contributed by atoms with Crippen LogP contribution >= 0.6 is 22.9 Å². The Morgan fingerprint density at radius 1 is 1.07 bits per heavy atom. The average molecular weight is 588 g/mol. The molecule has 1 aromatic heterocycles. The lowest BCUT2D eigenvalue weighted by atomic mass is 10.1. The van der Waals surface area contributed by atoms with Crippen molar-refractivity contribution in [1.29, 1.82) is 0 Å². The Hall–Kier alpha value is -2.66. The quantitative estimate of drug-likeness (QED) is 0.574. The lowest BCUT2D eigenvalue weighted by Crippen LogP contribution is -2.51. The van der Waals surface area contributed by atoms with E-state index in [1.165, 1.54) is 4.88 Å². The number of amides is 4. The van der Waals surface area contributed by atoms with E-state index < -0.39 is 6.04 Å². The third-order valence-corrected chi connectivity index (χ3v) is 9.52. The molecular formula is C29H38ClN5O4S. The summed E-state index contributed by atoms with van der Waals surface area (Å²) in [7, 11) is 3.67. The van der Waals surface area contributed by atoms with E-state index in [0.29, 0.717) is 48.7 Å². The number of hydrogen-bond donors (Lipinski definition) is 1. The monoisotopic (exact) mass is 587 g/mol. The van der Waals surface area contributed by atoms with Crippen LogP contribution in [0.4, 0.5) is 10.5 Å². The van der Waals surface area contributed by atoms with Gasteiger partial charge >= 0.3 is 6.03 Å². The zero-order valence-electron chi connectivity index (χ0n) is 23.2. The molecule has 0 spiro atoms. The number of thiophene rings is 1. The van der Waals surface area contributed by atoms with Gasteiger partial charge in [0.2, 0.25) is 5.91 Å². The van der Waals surface area contributed by atoms with E-state index in [4.69, 9.17) is 16.3 Å². The van der Waals surface area contributed by atoms with Crippen LogP contribution in [-0.2, 0) is 22.5 Å². The molecule has 3 aliphatic rings. The van der Waals surface area contributed by atoms with Crippen LogP contribution in [0.3, 0.4) is 0 Å². The molecule has 11 heteroatoms. The second-order valence-electron chi connectivity index (χ2n) is 10.9. The van der Waals surface area contributed by atoms with Crippen LogP contribution in [0.15, 0.2) is 29.6 Å². The fourth-order valence-electron chi connectivity index (χ4n) is 5.80. The summed E-state index contributed by atoms with van der Waals surface area (Å²) in [4.78, 5) is 48.9. The highest BCUT2D eigenvalue weighted by molar-refractivity contribution is 7.10. The maximum Gasteiger partial charge on any atom is 0.318 e. The number of benzene rings is 1. The predicted octanol–water partition coefficient (Wildman–Crippen LogP) is 3.85. The van der Waals surface area contributed by atoms with Crippen molar-refractivity contribution in [2.24, 2.45) is 0 Å². The summed E-state index contributed by atoms with van der Waals surface area (Å²) in [5.41, 5.74) is 2.23. The van der Waals surface area contributed by atoms with Crippen molar-refractivity contribution in [2.45, 2.75) is 50.8 Å². The number of carbonyl (C=O) groups excluding carboxylic acids is 3. The van der Waals surface area contributed by atoms with Crippen molar-refractivity contribution in [3.63, 3.8) is 0 Å². The van der Waals surface area contributed by atoms with Gasteiger partial charge in [0.1, 0.15) is 6.04 Å². The molecule has 2 aromatic rings. The van der Waals surface area contributed by atoms with Crippen molar-refractivity contribution in [1.82, 2.24) is 20.0 Å². The highest BCUT2D eigenvalue weighted by Gasteiger charge is 2.41. The van der Waals surface area contributed by atoms with Crippen LogP contribution in [0.1, 0.15) is 46.5 Å². The first-order valence-corrected chi connectivity index (χ1v) is 15.3. The van der Waals surface area contributed by atoms with Crippen LogP contribution in [0, 0.1) is 0 Å². The molecule has 4 amide bonds. The number of hydrogen-bond acceptors (Lipinski definition) is 6. The van der Waals surface area contributed by atoms with Gasteiger partial charge in [0.15, 0.2) is 0 Å². The number of fused-ring (bicyclic) bond motifs is 1. The Balaban J connectivity index is 1.23. The van der Waals surface area contributed by atoms with Gasteiger partial charge in [-0.15, -0.1) is 11.3 Å². The van der Waals surface area contributed by atoms with Crippen molar-refractivity contribution in [3.8, 4) is 0 Å². The molecule has 0 bridgehead atoms. The van der Waals surface area contributed by atoms with E-state index in [1.54, 1.807) is 41.5 Å². The largest absolute Gasteiger partial charge is 0.380 e. The van der Waals surface area contributed by atoms with Crippen molar-refractivity contribution in [3.05, 3.63) is 50.7 Å². The van der Waals surface area contributed by atoms with Crippen LogP contribution < -0.4 is 10.2 Å². The molecule has 0 aliphatic carbocycles. The minimum absolute atomic E-state index is 0.0202. The first-order chi connectivity index (χ1) is 19.4. The van der Waals surface area contributed by atoms with E-state index in [0.717, 1.165) is 44.5 Å². The summed E-state index contributed by atoms with van der Waals surface area (Å²) in [5.74, 6) is -0.0871. The van der Waals surface area contributed by atoms with Gasteiger partial charge in [-0.3, -0.25) is 9.59 Å². The molecular weight excluding hydrogens is 550 g/mol. The number of ether oxygens (including phenoxy) is 1. The second kappa shape index (κ2) is 12.9. The highest BCUT2D eigenvalue weighted by atomic mass is 35.5. The number of nitrogens with one attached hydrogen (secondary N) is 1. The number of urea groups is 1. The number of likely N-dealkylation sites (N-methyl/N-ethyl adjacent to an activating group) is 1. The maximum absolute atomic E-state index is 13.5. The molecule has 40 heavy (non-hydrogen) atoms. The van der Waals surface area contributed by atoms with Gasteiger partial charge in [-0.05, 0) is 68.4 Å². The van der Waals surface area contributed by atoms with Crippen LogP contribution in [0.25, 0.3) is 0 Å². The third kappa shape index (κ3) is 6.30. The number of aryl methyl sites for hydroxylation is 1. The summed E-state index contributed by atoms with van der Waals surface area (Å²) in [6, 6.07) is 6.38. The number of halogens is 1. The van der Waals surface area contributed by atoms with Crippen molar-refractivity contribution < 1.29 is 19.1 Å². The molecule has 0 unspecified atom stereocenters. The number of nitrogens with zero attached hydrogens (tertiary/aromatic N) is 4. The van der Waals surface area contributed by atoms with Crippen molar-refractivity contribution >= 4 is 46.5 Å². The fraction of sp³-hybridized carbons (Fsp3) is 0.552. The Bertz CT molecular complexity index is 1240. The fourth-order valence-corrected chi connectivity index (χ4v) is 6.97. The topological polar surface area (TPSA) is 85.4 Å². The predicted molar refractivity (Wildman–Crippen MR) is 157 cm³/mol. The molecule has 4 heterocycles. The van der Waals surface area contributed by atoms with Gasteiger partial charge in [-0.1, -0.05) is 17.7 Å². The van der Waals surface area contributed by atoms with Gasteiger partial charge in [0.05, 0.1) is 11.8 Å². The van der Waals surface area contributed by atoms with E-state index >= 15 is 0 Å².